The Balaban J connectivity index is 1.58. The lowest BCUT2D eigenvalue weighted by Gasteiger charge is -2.11. The molecule has 3 aromatic rings. The van der Waals surface area contributed by atoms with E-state index in [0.717, 1.165) is 10.7 Å². The van der Waals surface area contributed by atoms with Crippen LogP contribution in [0.25, 0.3) is 0 Å². The molecule has 0 aliphatic heterocycles. The van der Waals surface area contributed by atoms with Gasteiger partial charge in [0.2, 0.25) is 5.91 Å². The molecular weight excluding hydrogens is 365 g/mol. The lowest BCUT2D eigenvalue weighted by Crippen LogP contribution is -2.15. The van der Waals surface area contributed by atoms with Crippen LogP contribution in [0.4, 0.5) is 10.1 Å². The number of hydrogen-bond acceptors (Lipinski definition) is 4. The van der Waals surface area contributed by atoms with Gasteiger partial charge in [-0.1, -0.05) is 36.0 Å². The number of amides is 1. The van der Waals surface area contributed by atoms with Gasteiger partial charge in [0.1, 0.15) is 11.6 Å². The molecule has 0 aliphatic carbocycles. The van der Waals surface area contributed by atoms with Gasteiger partial charge in [0, 0.05) is 18.9 Å². The number of aromatic nitrogens is 2. The fraction of sp³-hybridized carbons (Fsp3) is 0.200. The minimum absolute atomic E-state index is 0.136. The van der Waals surface area contributed by atoms with Crippen LogP contribution in [0.3, 0.4) is 0 Å². The molecule has 140 valence electrons. The number of rotatable bonds is 8. The number of halogens is 1. The maximum atomic E-state index is 13.0. The maximum absolute atomic E-state index is 13.0. The molecule has 27 heavy (non-hydrogen) atoms. The van der Waals surface area contributed by atoms with E-state index in [1.54, 1.807) is 18.3 Å². The SMILES string of the molecule is CCOc1ccccc1NC(=O)CSc1nccn1Cc1ccc(F)cc1. The highest BCUT2D eigenvalue weighted by atomic mass is 32.2. The Hall–Kier alpha value is -2.80. The van der Waals surface area contributed by atoms with Crippen molar-refractivity contribution in [2.75, 3.05) is 17.7 Å². The van der Waals surface area contributed by atoms with Crippen molar-refractivity contribution in [1.29, 1.82) is 0 Å². The molecule has 0 radical (unpaired) electrons. The van der Waals surface area contributed by atoms with Crippen molar-refractivity contribution in [2.45, 2.75) is 18.6 Å². The number of para-hydroxylation sites is 2. The standard InChI is InChI=1S/C20H20FN3O2S/c1-2-26-18-6-4-3-5-17(18)23-19(25)14-27-20-22-11-12-24(20)13-15-7-9-16(21)10-8-15/h3-12H,2,13-14H2,1H3,(H,23,25). The molecule has 3 rings (SSSR count). The van der Waals surface area contributed by atoms with E-state index in [1.807, 2.05) is 42.0 Å². The largest absolute Gasteiger partial charge is 0.492 e. The number of nitrogens with zero attached hydrogens (tertiary/aromatic N) is 2. The second-order valence-electron chi connectivity index (χ2n) is 5.73. The van der Waals surface area contributed by atoms with Crippen LogP contribution in [0.2, 0.25) is 0 Å². The Bertz CT molecular complexity index is 896. The first-order chi connectivity index (χ1) is 13.2. The quantitative estimate of drug-likeness (QED) is 0.591. The van der Waals surface area contributed by atoms with Crippen LogP contribution in [0.5, 0.6) is 5.75 Å². The molecule has 5 nitrogen and oxygen atoms in total. The second-order valence-corrected chi connectivity index (χ2v) is 6.67. The molecule has 0 unspecified atom stereocenters. The number of thioether (sulfide) groups is 1. The van der Waals surface area contributed by atoms with Gasteiger partial charge in [-0.25, -0.2) is 9.37 Å². The molecule has 1 heterocycles. The van der Waals surface area contributed by atoms with Crippen LogP contribution >= 0.6 is 11.8 Å². The smallest absolute Gasteiger partial charge is 0.234 e. The normalized spacial score (nSPS) is 10.6. The fourth-order valence-electron chi connectivity index (χ4n) is 2.51. The Morgan fingerprint density at radius 1 is 1.22 bits per heavy atom. The van der Waals surface area contributed by atoms with Crippen LogP contribution in [0.15, 0.2) is 66.1 Å². The summed E-state index contributed by atoms with van der Waals surface area (Å²) in [4.78, 5) is 16.6. The molecule has 7 heteroatoms. The summed E-state index contributed by atoms with van der Waals surface area (Å²) < 4.78 is 20.5. The highest BCUT2D eigenvalue weighted by Gasteiger charge is 2.11. The Morgan fingerprint density at radius 3 is 2.78 bits per heavy atom. The van der Waals surface area contributed by atoms with E-state index in [-0.39, 0.29) is 17.5 Å². The summed E-state index contributed by atoms with van der Waals surface area (Å²) in [5, 5.41) is 3.60. The number of nitrogens with one attached hydrogen (secondary N) is 1. The number of anilines is 1. The van der Waals surface area contributed by atoms with Gasteiger partial charge in [-0.05, 0) is 36.8 Å². The highest BCUT2D eigenvalue weighted by molar-refractivity contribution is 7.99. The Kier molecular flexibility index (Phi) is 6.49. The lowest BCUT2D eigenvalue weighted by molar-refractivity contribution is -0.113. The van der Waals surface area contributed by atoms with Crippen molar-refractivity contribution in [2.24, 2.45) is 0 Å². The predicted molar refractivity (Wildman–Crippen MR) is 105 cm³/mol. The van der Waals surface area contributed by atoms with Gasteiger partial charge in [0.05, 0.1) is 18.0 Å². The minimum Gasteiger partial charge on any atom is -0.492 e. The molecule has 0 saturated carbocycles. The zero-order valence-corrected chi connectivity index (χ0v) is 15.7. The topological polar surface area (TPSA) is 56.1 Å². The lowest BCUT2D eigenvalue weighted by atomic mass is 10.2. The molecule has 2 aromatic carbocycles. The van der Waals surface area contributed by atoms with Crippen molar-refractivity contribution >= 4 is 23.4 Å². The molecule has 0 spiro atoms. The van der Waals surface area contributed by atoms with Gasteiger partial charge >= 0.3 is 0 Å². The highest BCUT2D eigenvalue weighted by Crippen LogP contribution is 2.24. The van der Waals surface area contributed by atoms with Crippen LogP contribution in [0, 0.1) is 5.82 Å². The summed E-state index contributed by atoms with van der Waals surface area (Å²) in [6.07, 6.45) is 3.53. The first kappa shape index (κ1) is 19.0. The van der Waals surface area contributed by atoms with Crippen LogP contribution < -0.4 is 10.1 Å². The molecule has 1 N–H and O–H groups in total. The van der Waals surface area contributed by atoms with Crippen molar-refractivity contribution in [1.82, 2.24) is 9.55 Å². The van der Waals surface area contributed by atoms with Gasteiger partial charge in [-0.3, -0.25) is 4.79 Å². The van der Waals surface area contributed by atoms with Crippen molar-refractivity contribution in [3.05, 3.63) is 72.3 Å². The third-order valence-corrected chi connectivity index (χ3v) is 4.74. The summed E-state index contributed by atoms with van der Waals surface area (Å²) in [5.74, 6) is 0.476. The number of imidazole rings is 1. The van der Waals surface area contributed by atoms with Gasteiger partial charge < -0.3 is 14.6 Å². The zero-order chi connectivity index (χ0) is 19.1. The fourth-order valence-corrected chi connectivity index (χ4v) is 3.27. The first-order valence-corrected chi connectivity index (χ1v) is 9.54. The van der Waals surface area contributed by atoms with Crippen molar-refractivity contribution < 1.29 is 13.9 Å². The Morgan fingerprint density at radius 2 is 2.00 bits per heavy atom. The van der Waals surface area contributed by atoms with Crippen molar-refractivity contribution in [3.8, 4) is 5.75 Å². The van der Waals surface area contributed by atoms with Crippen molar-refractivity contribution in [3.63, 3.8) is 0 Å². The number of carbonyl (C=O) groups is 1. The molecule has 0 aliphatic rings. The Labute approximate surface area is 161 Å². The average molecular weight is 385 g/mol. The number of ether oxygens (including phenoxy) is 1. The van der Waals surface area contributed by atoms with E-state index in [1.165, 1.54) is 23.9 Å². The van der Waals surface area contributed by atoms with E-state index in [2.05, 4.69) is 10.3 Å². The molecule has 1 aromatic heterocycles. The monoisotopic (exact) mass is 385 g/mol. The molecule has 1 amide bonds. The van der Waals surface area contributed by atoms with Gasteiger partial charge in [-0.15, -0.1) is 0 Å². The van der Waals surface area contributed by atoms with Crippen LogP contribution in [-0.4, -0.2) is 27.8 Å². The maximum Gasteiger partial charge on any atom is 0.234 e. The van der Waals surface area contributed by atoms with E-state index in [0.29, 0.717) is 24.6 Å². The predicted octanol–water partition coefficient (Wildman–Crippen LogP) is 4.20. The summed E-state index contributed by atoms with van der Waals surface area (Å²) in [6.45, 7) is 3.00. The molecule has 0 fully saturated rings. The van der Waals surface area contributed by atoms with Gasteiger partial charge in [0.25, 0.3) is 0 Å². The molecule has 0 saturated heterocycles. The van der Waals surface area contributed by atoms with E-state index >= 15 is 0 Å². The summed E-state index contributed by atoms with van der Waals surface area (Å²) >= 11 is 1.35. The van der Waals surface area contributed by atoms with Crippen LogP contribution in [-0.2, 0) is 11.3 Å². The minimum atomic E-state index is -0.261. The van der Waals surface area contributed by atoms with Crippen LogP contribution in [0.1, 0.15) is 12.5 Å². The summed E-state index contributed by atoms with van der Waals surface area (Å²) in [7, 11) is 0. The van der Waals surface area contributed by atoms with E-state index < -0.39 is 0 Å². The number of carbonyl (C=O) groups excluding carboxylic acids is 1. The van der Waals surface area contributed by atoms with E-state index in [9.17, 15) is 9.18 Å². The van der Waals surface area contributed by atoms with Gasteiger partial charge in [-0.2, -0.15) is 0 Å². The second kappa shape index (κ2) is 9.23. The van der Waals surface area contributed by atoms with E-state index in [4.69, 9.17) is 4.74 Å². The molecular formula is C20H20FN3O2S. The third kappa shape index (κ3) is 5.34. The summed E-state index contributed by atoms with van der Waals surface area (Å²) in [5.41, 5.74) is 1.62. The average Bonchev–Trinajstić information content (AvgIpc) is 3.11. The third-order valence-electron chi connectivity index (χ3n) is 3.74. The molecule has 0 atom stereocenters. The zero-order valence-electron chi connectivity index (χ0n) is 14.9. The van der Waals surface area contributed by atoms with Gasteiger partial charge in [0.15, 0.2) is 5.16 Å². The molecule has 0 bridgehead atoms. The number of benzene rings is 2. The first-order valence-electron chi connectivity index (χ1n) is 8.55. The number of hydrogen-bond donors (Lipinski definition) is 1. The summed E-state index contributed by atoms with van der Waals surface area (Å²) in [6, 6.07) is 13.7.